The third-order valence-electron chi connectivity index (χ3n) is 4.48. The number of aryl methyl sites for hydroxylation is 1. The van der Waals surface area contributed by atoms with Crippen LogP contribution < -0.4 is 22.1 Å². The van der Waals surface area contributed by atoms with Gasteiger partial charge in [-0.05, 0) is 43.0 Å². The minimum Gasteiger partial charge on any atom is -0.384 e. The predicted octanol–water partition coefficient (Wildman–Crippen LogP) is 1.71. The van der Waals surface area contributed by atoms with E-state index < -0.39 is 12.1 Å². The van der Waals surface area contributed by atoms with Crippen LogP contribution in [0.25, 0.3) is 0 Å². The lowest BCUT2D eigenvalue weighted by Gasteiger charge is -2.17. The summed E-state index contributed by atoms with van der Waals surface area (Å²) in [5.74, 6) is -0.685. The van der Waals surface area contributed by atoms with Crippen LogP contribution in [0.2, 0.25) is 5.02 Å². The van der Waals surface area contributed by atoms with Gasteiger partial charge < -0.3 is 22.1 Å². The van der Waals surface area contributed by atoms with Crippen molar-refractivity contribution in [3.05, 3.63) is 70.2 Å². The smallest absolute Gasteiger partial charge is 0.242 e. The number of halogens is 1. The quantitative estimate of drug-likeness (QED) is 0.314. The van der Waals surface area contributed by atoms with Crippen molar-refractivity contribution in [1.29, 1.82) is 5.41 Å². The van der Waals surface area contributed by atoms with Gasteiger partial charge in [-0.1, -0.05) is 48.0 Å². The average molecular weight is 416 g/mol. The molecule has 0 spiro atoms. The SMILES string of the molecule is C[C@H](NC(=O)[C@H](N)CCc1ccc(Cl)cc1)C(=O)NCc1ccc(C(=N)N)cc1. The lowest BCUT2D eigenvalue weighted by Crippen LogP contribution is -2.50. The van der Waals surface area contributed by atoms with Crippen LogP contribution in [-0.2, 0) is 22.6 Å². The van der Waals surface area contributed by atoms with E-state index >= 15 is 0 Å². The molecule has 8 heteroatoms. The lowest BCUT2D eigenvalue weighted by atomic mass is 10.1. The standard InChI is InChI=1S/C21H26ClN5O2/c1-13(20(28)26-12-15-2-7-16(8-3-15)19(24)25)27-21(29)18(23)11-6-14-4-9-17(22)10-5-14/h2-5,7-10,13,18H,6,11-12,23H2,1H3,(H3,24,25)(H,26,28)(H,27,29)/t13-,18+/m0/s1. The molecule has 2 aromatic carbocycles. The summed E-state index contributed by atoms with van der Waals surface area (Å²) >= 11 is 5.86. The van der Waals surface area contributed by atoms with Gasteiger partial charge in [0.05, 0.1) is 6.04 Å². The Labute approximate surface area is 175 Å². The van der Waals surface area contributed by atoms with Gasteiger partial charge in [-0.3, -0.25) is 15.0 Å². The van der Waals surface area contributed by atoms with Gasteiger partial charge >= 0.3 is 0 Å². The van der Waals surface area contributed by atoms with E-state index in [0.717, 1.165) is 11.1 Å². The number of amides is 2. The zero-order valence-electron chi connectivity index (χ0n) is 16.2. The third-order valence-corrected chi connectivity index (χ3v) is 4.73. The van der Waals surface area contributed by atoms with Crippen molar-refractivity contribution in [3.8, 4) is 0 Å². The van der Waals surface area contributed by atoms with E-state index in [-0.39, 0.29) is 17.6 Å². The van der Waals surface area contributed by atoms with Gasteiger partial charge in [0.15, 0.2) is 0 Å². The summed E-state index contributed by atoms with van der Waals surface area (Å²) in [6.07, 6.45) is 1.10. The largest absolute Gasteiger partial charge is 0.384 e. The Balaban J connectivity index is 1.76. The van der Waals surface area contributed by atoms with E-state index in [1.807, 2.05) is 12.1 Å². The normalized spacial score (nSPS) is 12.7. The number of hydrogen-bond donors (Lipinski definition) is 5. The first-order valence-electron chi connectivity index (χ1n) is 9.27. The molecule has 7 N–H and O–H groups in total. The first-order valence-corrected chi connectivity index (χ1v) is 9.65. The van der Waals surface area contributed by atoms with Gasteiger partial charge in [0.1, 0.15) is 11.9 Å². The second kappa shape index (κ2) is 10.6. The van der Waals surface area contributed by atoms with E-state index in [2.05, 4.69) is 10.6 Å². The third kappa shape index (κ3) is 7.21. The molecule has 0 bridgehead atoms. The van der Waals surface area contributed by atoms with Crippen molar-refractivity contribution >= 4 is 29.3 Å². The van der Waals surface area contributed by atoms with Gasteiger partial charge in [0.2, 0.25) is 11.8 Å². The maximum absolute atomic E-state index is 12.2. The maximum Gasteiger partial charge on any atom is 0.242 e. The van der Waals surface area contributed by atoms with Crippen LogP contribution in [0.15, 0.2) is 48.5 Å². The molecular formula is C21H26ClN5O2. The number of amidine groups is 1. The van der Waals surface area contributed by atoms with E-state index in [4.69, 9.17) is 28.5 Å². The summed E-state index contributed by atoms with van der Waals surface area (Å²) in [4.78, 5) is 24.5. The summed E-state index contributed by atoms with van der Waals surface area (Å²) in [5, 5.41) is 13.4. The van der Waals surface area contributed by atoms with Crippen molar-refractivity contribution in [1.82, 2.24) is 10.6 Å². The topological polar surface area (TPSA) is 134 Å². The molecule has 154 valence electrons. The molecule has 0 aliphatic carbocycles. The molecule has 7 nitrogen and oxygen atoms in total. The molecule has 0 heterocycles. The Bertz CT molecular complexity index is 852. The highest BCUT2D eigenvalue weighted by Crippen LogP contribution is 2.11. The molecule has 0 aromatic heterocycles. The number of carbonyl (C=O) groups is 2. The molecule has 0 aliphatic heterocycles. The van der Waals surface area contributed by atoms with Crippen molar-refractivity contribution in [2.45, 2.75) is 38.4 Å². The molecule has 29 heavy (non-hydrogen) atoms. The molecule has 2 atom stereocenters. The van der Waals surface area contributed by atoms with E-state index in [1.165, 1.54) is 0 Å². The number of nitrogens with one attached hydrogen (secondary N) is 3. The van der Waals surface area contributed by atoms with Gasteiger partial charge in [0, 0.05) is 17.1 Å². The Morgan fingerprint density at radius 1 is 1.03 bits per heavy atom. The molecule has 0 radical (unpaired) electrons. The molecule has 2 amide bonds. The Hall–Kier alpha value is -2.90. The first-order chi connectivity index (χ1) is 13.8. The minimum absolute atomic E-state index is 0.00989. The molecule has 2 aromatic rings. The zero-order valence-corrected chi connectivity index (χ0v) is 17.0. The fraction of sp³-hybridized carbons (Fsp3) is 0.286. The first kappa shape index (κ1) is 22.4. The highest BCUT2D eigenvalue weighted by molar-refractivity contribution is 6.30. The Morgan fingerprint density at radius 2 is 1.62 bits per heavy atom. The Morgan fingerprint density at radius 3 is 2.21 bits per heavy atom. The number of nitrogens with two attached hydrogens (primary N) is 2. The lowest BCUT2D eigenvalue weighted by molar-refractivity contribution is -0.129. The highest BCUT2D eigenvalue weighted by atomic mass is 35.5. The monoisotopic (exact) mass is 415 g/mol. The maximum atomic E-state index is 12.2. The number of hydrogen-bond acceptors (Lipinski definition) is 4. The average Bonchev–Trinajstić information content (AvgIpc) is 2.71. The van der Waals surface area contributed by atoms with E-state index in [0.29, 0.717) is 30.0 Å². The Kier molecular flexibility index (Phi) is 8.18. The van der Waals surface area contributed by atoms with Gasteiger partial charge in [-0.15, -0.1) is 0 Å². The van der Waals surface area contributed by atoms with Crippen molar-refractivity contribution in [2.75, 3.05) is 0 Å². The zero-order chi connectivity index (χ0) is 21.4. The highest BCUT2D eigenvalue weighted by Gasteiger charge is 2.19. The van der Waals surface area contributed by atoms with Gasteiger partial charge in [0.25, 0.3) is 0 Å². The summed E-state index contributed by atoms with van der Waals surface area (Å²) in [5.41, 5.74) is 13.9. The van der Waals surface area contributed by atoms with Crippen LogP contribution in [0.3, 0.4) is 0 Å². The van der Waals surface area contributed by atoms with Crippen LogP contribution >= 0.6 is 11.6 Å². The fourth-order valence-electron chi connectivity index (χ4n) is 2.63. The molecule has 2 rings (SSSR count). The number of benzene rings is 2. The molecule has 0 saturated heterocycles. The van der Waals surface area contributed by atoms with Gasteiger partial charge in [-0.25, -0.2) is 0 Å². The summed E-state index contributed by atoms with van der Waals surface area (Å²) in [6, 6.07) is 13.0. The number of rotatable bonds is 9. The van der Waals surface area contributed by atoms with E-state index in [9.17, 15) is 9.59 Å². The minimum atomic E-state index is -0.708. The predicted molar refractivity (Wildman–Crippen MR) is 115 cm³/mol. The summed E-state index contributed by atoms with van der Waals surface area (Å²) in [7, 11) is 0. The molecular weight excluding hydrogens is 390 g/mol. The van der Waals surface area contributed by atoms with Crippen molar-refractivity contribution in [2.24, 2.45) is 11.5 Å². The van der Waals surface area contributed by atoms with Crippen LogP contribution in [0.4, 0.5) is 0 Å². The van der Waals surface area contributed by atoms with E-state index in [1.54, 1.807) is 43.3 Å². The molecule has 0 saturated carbocycles. The number of carbonyl (C=O) groups excluding carboxylic acids is 2. The fourth-order valence-corrected chi connectivity index (χ4v) is 2.76. The van der Waals surface area contributed by atoms with Gasteiger partial charge in [-0.2, -0.15) is 0 Å². The molecule has 0 fully saturated rings. The van der Waals surface area contributed by atoms with Crippen LogP contribution in [-0.4, -0.2) is 29.7 Å². The molecule has 0 unspecified atom stereocenters. The van der Waals surface area contributed by atoms with Crippen LogP contribution in [0.1, 0.15) is 30.0 Å². The van der Waals surface area contributed by atoms with Crippen LogP contribution in [0, 0.1) is 5.41 Å². The van der Waals surface area contributed by atoms with Crippen molar-refractivity contribution < 1.29 is 9.59 Å². The second-order valence-corrected chi connectivity index (χ2v) is 7.27. The van der Waals surface area contributed by atoms with Crippen LogP contribution in [0.5, 0.6) is 0 Å². The summed E-state index contributed by atoms with van der Waals surface area (Å²) < 4.78 is 0. The second-order valence-electron chi connectivity index (χ2n) is 6.83. The van der Waals surface area contributed by atoms with Crippen molar-refractivity contribution in [3.63, 3.8) is 0 Å². The number of nitrogen functional groups attached to an aromatic ring is 1. The molecule has 0 aliphatic rings. The summed E-state index contributed by atoms with van der Waals surface area (Å²) in [6.45, 7) is 1.91.